The second-order valence-corrected chi connectivity index (χ2v) is 8.32. The predicted molar refractivity (Wildman–Crippen MR) is 122 cm³/mol. The van der Waals surface area contributed by atoms with Crippen molar-refractivity contribution in [3.8, 4) is 22.3 Å². The van der Waals surface area contributed by atoms with Gasteiger partial charge in [-0.3, -0.25) is 14.8 Å². The molecule has 32 heavy (non-hydrogen) atoms. The summed E-state index contributed by atoms with van der Waals surface area (Å²) in [4.78, 5) is 23.7. The van der Waals surface area contributed by atoms with Crippen LogP contribution in [0.25, 0.3) is 22.3 Å². The van der Waals surface area contributed by atoms with Gasteiger partial charge in [0.25, 0.3) is 0 Å². The number of hydrogen-bond donors (Lipinski definition) is 2. The number of hydrogen-bond acceptors (Lipinski definition) is 4. The Kier molecular flexibility index (Phi) is 5.74. The minimum atomic E-state index is -0.747. The SMILES string of the molecule is CCC(C)OC(=O)Nc1c(-c2ccc(-c3ccc(C4(C(=O)O)CC4)cc3)cc2)cnn1C. The minimum absolute atomic E-state index is 0.164. The highest BCUT2D eigenvalue weighted by Gasteiger charge is 2.51. The fourth-order valence-corrected chi connectivity index (χ4v) is 3.76. The number of nitrogens with one attached hydrogen (secondary N) is 1. The molecule has 7 heteroatoms. The quantitative estimate of drug-likeness (QED) is 0.533. The third kappa shape index (κ3) is 4.10. The van der Waals surface area contributed by atoms with Gasteiger partial charge in [0.2, 0.25) is 0 Å². The number of nitrogens with zero attached hydrogens (tertiary/aromatic N) is 2. The van der Waals surface area contributed by atoms with Gasteiger partial charge in [-0.15, -0.1) is 0 Å². The lowest BCUT2D eigenvalue weighted by molar-refractivity contribution is -0.140. The number of carbonyl (C=O) groups is 2. The van der Waals surface area contributed by atoms with Crippen molar-refractivity contribution in [1.82, 2.24) is 9.78 Å². The first kappa shape index (κ1) is 21.6. The Morgan fingerprint density at radius 3 is 2.19 bits per heavy atom. The van der Waals surface area contributed by atoms with Crippen molar-refractivity contribution in [1.29, 1.82) is 0 Å². The third-order valence-corrected chi connectivity index (χ3v) is 6.17. The molecule has 0 saturated heterocycles. The summed E-state index contributed by atoms with van der Waals surface area (Å²) in [6.45, 7) is 3.81. The molecule has 1 aliphatic carbocycles. The molecule has 1 aliphatic rings. The van der Waals surface area contributed by atoms with Gasteiger partial charge in [0.15, 0.2) is 0 Å². The summed E-state index contributed by atoms with van der Waals surface area (Å²) in [5.74, 6) is -0.178. The van der Waals surface area contributed by atoms with E-state index in [0.717, 1.165) is 34.2 Å². The molecule has 2 N–H and O–H groups in total. The van der Waals surface area contributed by atoms with Gasteiger partial charge in [0, 0.05) is 12.6 Å². The molecular formula is C25H27N3O4. The summed E-state index contributed by atoms with van der Waals surface area (Å²) < 4.78 is 6.93. The van der Waals surface area contributed by atoms with E-state index in [0.29, 0.717) is 18.7 Å². The number of aromatic nitrogens is 2. The van der Waals surface area contributed by atoms with E-state index in [2.05, 4.69) is 10.4 Å². The number of carboxylic acids is 1. The smallest absolute Gasteiger partial charge is 0.413 e. The third-order valence-electron chi connectivity index (χ3n) is 6.17. The van der Waals surface area contributed by atoms with E-state index in [1.165, 1.54) is 0 Å². The van der Waals surface area contributed by atoms with E-state index < -0.39 is 17.5 Å². The van der Waals surface area contributed by atoms with Crippen LogP contribution in [-0.2, 0) is 22.0 Å². The molecule has 0 spiro atoms. The standard InChI is InChI=1S/C25H27N3O4/c1-4-16(2)32-24(31)27-22-21(15-26-28(22)3)19-7-5-17(6-8-19)18-9-11-20(12-10-18)25(13-14-25)23(29)30/h5-12,15-16H,4,13-14H2,1-3H3,(H,27,31)(H,29,30). The van der Waals surface area contributed by atoms with Crippen LogP contribution in [0.2, 0.25) is 0 Å². The molecule has 1 atom stereocenters. The van der Waals surface area contributed by atoms with Gasteiger partial charge in [0.05, 0.1) is 11.6 Å². The first-order valence-electron chi connectivity index (χ1n) is 10.8. The summed E-state index contributed by atoms with van der Waals surface area (Å²) in [7, 11) is 1.77. The number of aliphatic carboxylic acids is 1. The van der Waals surface area contributed by atoms with Crippen molar-refractivity contribution in [2.24, 2.45) is 7.05 Å². The molecule has 4 rings (SSSR count). The average Bonchev–Trinajstić information content (AvgIpc) is 3.54. The van der Waals surface area contributed by atoms with Gasteiger partial charge < -0.3 is 9.84 Å². The molecular weight excluding hydrogens is 406 g/mol. The first-order chi connectivity index (χ1) is 15.3. The predicted octanol–water partition coefficient (Wildman–Crippen LogP) is 5.22. The molecule has 1 unspecified atom stereocenters. The summed E-state index contributed by atoms with van der Waals surface area (Å²) in [5.41, 5.74) is 3.93. The van der Waals surface area contributed by atoms with Crippen molar-refractivity contribution >= 4 is 17.9 Å². The van der Waals surface area contributed by atoms with Gasteiger partial charge in [-0.2, -0.15) is 5.10 Å². The molecule has 3 aromatic rings. The maximum Gasteiger partial charge on any atom is 0.413 e. The van der Waals surface area contributed by atoms with E-state index in [4.69, 9.17) is 4.74 Å². The van der Waals surface area contributed by atoms with Crippen molar-refractivity contribution in [3.05, 3.63) is 60.3 Å². The number of amides is 1. The largest absolute Gasteiger partial charge is 0.481 e. The second-order valence-electron chi connectivity index (χ2n) is 8.32. The zero-order valence-electron chi connectivity index (χ0n) is 18.5. The van der Waals surface area contributed by atoms with Gasteiger partial charge in [-0.1, -0.05) is 55.5 Å². The Morgan fingerprint density at radius 2 is 1.66 bits per heavy atom. The number of anilines is 1. The molecule has 166 valence electrons. The number of carboxylic acid groups (broad SMARTS) is 1. The zero-order chi connectivity index (χ0) is 22.9. The molecule has 1 fully saturated rings. The molecule has 1 aromatic heterocycles. The van der Waals surface area contributed by atoms with E-state index in [9.17, 15) is 14.7 Å². The van der Waals surface area contributed by atoms with E-state index in [1.807, 2.05) is 62.4 Å². The number of carbonyl (C=O) groups excluding carboxylic acids is 1. The van der Waals surface area contributed by atoms with Crippen LogP contribution >= 0.6 is 0 Å². The van der Waals surface area contributed by atoms with Crippen molar-refractivity contribution < 1.29 is 19.4 Å². The van der Waals surface area contributed by atoms with Crippen LogP contribution in [0.4, 0.5) is 10.6 Å². The van der Waals surface area contributed by atoms with E-state index in [-0.39, 0.29) is 6.10 Å². The van der Waals surface area contributed by atoms with Gasteiger partial charge in [-0.25, -0.2) is 4.79 Å². The van der Waals surface area contributed by atoms with Gasteiger partial charge in [0.1, 0.15) is 11.9 Å². The highest BCUT2D eigenvalue weighted by Crippen LogP contribution is 2.48. The van der Waals surface area contributed by atoms with Gasteiger partial charge in [-0.05, 0) is 48.4 Å². The first-order valence-corrected chi connectivity index (χ1v) is 10.8. The van der Waals surface area contributed by atoms with Crippen LogP contribution in [0.3, 0.4) is 0 Å². The van der Waals surface area contributed by atoms with Crippen LogP contribution in [0, 0.1) is 0 Å². The lowest BCUT2D eigenvalue weighted by Gasteiger charge is -2.13. The van der Waals surface area contributed by atoms with Crippen LogP contribution in [-0.4, -0.2) is 33.1 Å². The number of ether oxygens (including phenoxy) is 1. The molecule has 0 aliphatic heterocycles. The molecule has 7 nitrogen and oxygen atoms in total. The molecule has 0 bridgehead atoms. The highest BCUT2D eigenvalue weighted by molar-refractivity contribution is 5.90. The van der Waals surface area contributed by atoms with Gasteiger partial charge >= 0.3 is 12.1 Å². The van der Waals surface area contributed by atoms with Crippen molar-refractivity contribution in [2.45, 2.75) is 44.6 Å². The van der Waals surface area contributed by atoms with Crippen molar-refractivity contribution in [2.75, 3.05) is 5.32 Å². The maximum absolute atomic E-state index is 12.2. The Labute approximate surface area is 187 Å². The number of benzene rings is 2. The summed E-state index contributed by atoms with van der Waals surface area (Å²) >= 11 is 0. The average molecular weight is 434 g/mol. The van der Waals surface area contributed by atoms with E-state index >= 15 is 0 Å². The molecule has 0 radical (unpaired) electrons. The number of rotatable bonds is 7. The van der Waals surface area contributed by atoms with Crippen molar-refractivity contribution in [3.63, 3.8) is 0 Å². The molecule has 1 heterocycles. The van der Waals surface area contributed by atoms with Crippen LogP contribution < -0.4 is 5.32 Å². The minimum Gasteiger partial charge on any atom is -0.481 e. The summed E-state index contributed by atoms with van der Waals surface area (Å²) in [5, 5.41) is 16.5. The Hall–Kier alpha value is -3.61. The normalized spacial score (nSPS) is 15.1. The molecule has 2 aromatic carbocycles. The second kappa shape index (κ2) is 8.49. The fraction of sp³-hybridized carbons (Fsp3) is 0.320. The topological polar surface area (TPSA) is 93.4 Å². The van der Waals surface area contributed by atoms with E-state index in [1.54, 1.807) is 17.9 Å². The van der Waals surface area contributed by atoms with Crippen LogP contribution in [0.15, 0.2) is 54.7 Å². The zero-order valence-corrected chi connectivity index (χ0v) is 18.5. The Bertz CT molecular complexity index is 1130. The lowest BCUT2D eigenvalue weighted by Crippen LogP contribution is -2.21. The van der Waals surface area contributed by atoms with Crippen LogP contribution in [0.1, 0.15) is 38.7 Å². The molecule has 1 amide bonds. The molecule has 1 saturated carbocycles. The lowest BCUT2D eigenvalue weighted by atomic mass is 9.93. The highest BCUT2D eigenvalue weighted by atomic mass is 16.6. The van der Waals surface area contributed by atoms with Crippen LogP contribution in [0.5, 0.6) is 0 Å². The summed E-state index contributed by atoms with van der Waals surface area (Å²) in [6, 6.07) is 15.7. The maximum atomic E-state index is 12.2. The fourth-order valence-electron chi connectivity index (χ4n) is 3.76. The Balaban J connectivity index is 1.52. The number of aryl methyl sites for hydroxylation is 1. The Morgan fingerprint density at radius 1 is 1.09 bits per heavy atom. The summed E-state index contributed by atoms with van der Waals surface area (Å²) in [6.07, 6.45) is 3.18. The monoisotopic (exact) mass is 433 g/mol.